The van der Waals surface area contributed by atoms with E-state index in [1.54, 1.807) is 24.4 Å². The van der Waals surface area contributed by atoms with E-state index in [0.717, 1.165) is 20.1 Å². The molecule has 1 aliphatic heterocycles. The van der Waals surface area contributed by atoms with Crippen molar-refractivity contribution in [2.45, 2.75) is 6.61 Å². The number of halogens is 3. The van der Waals surface area contributed by atoms with Crippen LogP contribution in [0.3, 0.4) is 0 Å². The molecule has 0 saturated carbocycles. The molecule has 3 aromatic carbocycles. The lowest BCUT2D eigenvalue weighted by Crippen LogP contribution is -2.17. The molecule has 0 aliphatic carbocycles. The minimum absolute atomic E-state index is 0.154. The van der Waals surface area contributed by atoms with Crippen LogP contribution in [-0.2, 0) is 6.61 Å². The number of nitrogens with one attached hydrogen (secondary N) is 1. The third kappa shape index (κ3) is 5.39. The van der Waals surface area contributed by atoms with E-state index in [9.17, 15) is 4.79 Å². The zero-order chi connectivity index (χ0) is 21.8. The Balaban J connectivity index is 1.38. The average molecular weight is 567 g/mol. The van der Waals surface area contributed by atoms with Gasteiger partial charge in [0.25, 0.3) is 5.91 Å². The van der Waals surface area contributed by atoms with Gasteiger partial charge in [-0.05, 0) is 85.5 Å². The van der Waals surface area contributed by atoms with Gasteiger partial charge in [-0.25, -0.2) is 5.43 Å². The molecule has 158 valence electrons. The van der Waals surface area contributed by atoms with E-state index in [4.69, 9.17) is 25.8 Å². The van der Waals surface area contributed by atoms with Crippen molar-refractivity contribution < 1.29 is 19.0 Å². The van der Waals surface area contributed by atoms with E-state index >= 15 is 0 Å². The summed E-state index contributed by atoms with van der Waals surface area (Å²) in [4.78, 5) is 12.3. The van der Waals surface area contributed by atoms with E-state index in [0.29, 0.717) is 34.4 Å². The van der Waals surface area contributed by atoms with E-state index in [1.807, 2.05) is 36.4 Å². The van der Waals surface area contributed by atoms with Crippen molar-refractivity contribution in [3.8, 4) is 17.2 Å². The number of hydrogen-bond donors (Lipinski definition) is 1. The highest BCUT2D eigenvalue weighted by atomic mass is 79.9. The second kappa shape index (κ2) is 9.72. The van der Waals surface area contributed by atoms with Gasteiger partial charge in [0.05, 0.1) is 15.2 Å². The Morgan fingerprint density at radius 3 is 2.52 bits per heavy atom. The predicted octanol–water partition coefficient (Wildman–Crippen LogP) is 5.94. The Hall–Kier alpha value is -2.55. The number of fused-ring (bicyclic) bond motifs is 1. The number of hydrogen-bond acceptors (Lipinski definition) is 5. The van der Waals surface area contributed by atoms with E-state index in [-0.39, 0.29) is 12.7 Å². The first-order valence-corrected chi connectivity index (χ1v) is 11.1. The number of carbonyl (C=O) groups is 1. The summed E-state index contributed by atoms with van der Waals surface area (Å²) in [5.74, 6) is 1.47. The Morgan fingerprint density at radius 1 is 1.06 bits per heavy atom. The van der Waals surface area contributed by atoms with Gasteiger partial charge in [-0.15, -0.1) is 0 Å². The summed E-state index contributed by atoms with van der Waals surface area (Å²) in [6.07, 6.45) is 1.55. The number of nitrogens with zero attached hydrogens (tertiary/aromatic N) is 1. The summed E-state index contributed by atoms with van der Waals surface area (Å²) in [5, 5.41) is 4.71. The maximum absolute atomic E-state index is 12.3. The fourth-order valence-electron chi connectivity index (χ4n) is 2.80. The van der Waals surface area contributed by atoms with Crippen molar-refractivity contribution in [2.75, 3.05) is 6.79 Å². The van der Waals surface area contributed by atoms with Gasteiger partial charge >= 0.3 is 0 Å². The van der Waals surface area contributed by atoms with Crippen molar-refractivity contribution in [1.82, 2.24) is 5.43 Å². The summed E-state index contributed by atoms with van der Waals surface area (Å²) >= 11 is 12.9. The van der Waals surface area contributed by atoms with Crippen LogP contribution < -0.4 is 19.6 Å². The summed E-state index contributed by atoms with van der Waals surface area (Å²) in [6.45, 7) is 0.551. The van der Waals surface area contributed by atoms with Crippen LogP contribution in [0, 0.1) is 0 Å². The Morgan fingerprint density at radius 2 is 1.77 bits per heavy atom. The molecular formula is C22H15Br2ClN2O4. The van der Waals surface area contributed by atoms with E-state index in [1.165, 1.54) is 0 Å². The molecule has 3 aromatic rings. The highest BCUT2D eigenvalue weighted by Crippen LogP contribution is 2.35. The van der Waals surface area contributed by atoms with Gasteiger partial charge in [0.1, 0.15) is 12.4 Å². The third-order valence-corrected chi connectivity index (χ3v) is 5.76. The maximum atomic E-state index is 12.3. The van der Waals surface area contributed by atoms with Gasteiger partial charge in [0, 0.05) is 10.6 Å². The number of benzene rings is 3. The number of rotatable bonds is 6. The Kier molecular flexibility index (Phi) is 6.80. The van der Waals surface area contributed by atoms with Gasteiger partial charge in [-0.1, -0.05) is 23.7 Å². The average Bonchev–Trinajstić information content (AvgIpc) is 3.22. The monoisotopic (exact) mass is 564 g/mol. The molecule has 0 atom stereocenters. The molecule has 1 heterocycles. The Bertz CT molecular complexity index is 1130. The number of carbonyl (C=O) groups excluding carboxylic acids is 1. The molecule has 31 heavy (non-hydrogen) atoms. The minimum atomic E-state index is -0.351. The van der Waals surface area contributed by atoms with Crippen molar-refractivity contribution >= 4 is 55.6 Å². The molecule has 0 aromatic heterocycles. The summed E-state index contributed by atoms with van der Waals surface area (Å²) in [6, 6.07) is 16.1. The van der Waals surface area contributed by atoms with Gasteiger partial charge in [0.2, 0.25) is 6.79 Å². The number of amides is 1. The lowest BCUT2D eigenvalue weighted by atomic mass is 10.2. The zero-order valence-electron chi connectivity index (χ0n) is 15.9. The van der Waals surface area contributed by atoms with Crippen LogP contribution in [-0.4, -0.2) is 18.9 Å². The second-order valence-electron chi connectivity index (χ2n) is 6.50. The molecule has 4 rings (SSSR count). The highest BCUT2D eigenvalue weighted by Gasteiger charge is 2.16. The molecule has 0 radical (unpaired) electrons. The summed E-state index contributed by atoms with van der Waals surface area (Å²) < 4.78 is 17.9. The van der Waals surface area contributed by atoms with Crippen LogP contribution in [0.2, 0.25) is 5.02 Å². The second-order valence-corrected chi connectivity index (χ2v) is 8.64. The molecule has 1 N–H and O–H groups in total. The lowest BCUT2D eigenvalue weighted by molar-refractivity contribution is 0.0954. The quantitative estimate of drug-likeness (QED) is 0.296. The number of hydrazone groups is 1. The molecule has 0 fully saturated rings. The van der Waals surface area contributed by atoms with Crippen LogP contribution in [0.1, 0.15) is 21.5 Å². The fourth-order valence-corrected chi connectivity index (χ4v) is 4.37. The summed E-state index contributed by atoms with van der Waals surface area (Å²) in [7, 11) is 0. The molecule has 9 heteroatoms. The van der Waals surface area contributed by atoms with Crippen LogP contribution >= 0.6 is 43.5 Å². The van der Waals surface area contributed by atoms with Gasteiger partial charge in [0.15, 0.2) is 11.5 Å². The maximum Gasteiger partial charge on any atom is 0.271 e. The van der Waals surface area contributed by atoms with E-state index in [2.05, 4.69) is 42.4 Å². The van der Waals surface area contributed by atoms with Crippen LogP contribution in [0.4, 0.5) is 0 Å². The molecule has 0 bridgehead atoms. The molecule has 0 unspecified atom stereocenters. The zero-order valence-corrected chi connectivity index (χ0v) is 19.8. The van der Waals surface area contributed by atoms with Crippen molar-refractivity contribution in [2.24, 2.45) is 5.10 Å². The van der Waals surface area contributed by atoms with Crippen LogP contribution in [0.25, 0.3) is 0 Å². The predicted molar refractivity (Wildman–Crippen MR) is 125 cm³/mol. The molecule has 1 amide bonds. The molecule has 0 spiro atoms. The molecule has 6 nitrogen and oxygen atoms in total. The van der Waals surface area contributed by atoms with Gasteiger partial charge < -0.3 is 14.2 Å². The first-order valence-electron chi connectivity index (χ1n) is 9.09. The SMILES string of the molecule is O=C(NN=Cc1cc(Br)c(OCc2ccc(Cl)cc2)c(Br)c1)c1ccc2c(c1)OCO2. The molecule has 1 aliphatic rings. The summed E-state index contributed by atoms with van der Waals surface area (Å²) in [5.41, 5.74) is 4.70. The van der Waals surface area contributed by atoms with Crippen LogP contribution in [0.15, 0.2) is 68.6 Å². The first kappa shape index (κ1) is 21.7. The van der Waals surface area contributed by atoms with E-state index < -0.39 is 0 Å². The minimum Gasteiger partial charge on any atom is -0.487 e. The normalized spacial score (nSPS) is 12.2. The smallest absolute Gasteiger partial charge is 0.271 e. The third-order valence-electron chi connectivity index (χ3n) is 4.33. The van der Waals surface area contributed by atoms with Gasteiger partial charge in [-0.3, -0.25) is 4.79 Å². The lowest BCUT2D eigenvalue weighted by Gasteiger charge is -2.11. The number of ether oxygens (including phenoxy) is 3. The van der Waals surface area contributed by atoms with Gasteiger partial charge in [-0.2, -0.15) is 5.10 Å². The standard InChI is InChI=1S/C22H15Br2ClN2O4/c23-17-7-14(8-18(24)21(17)29-11-13-1-4-16(25)5-2-13)10-26-27-22(28)15-3-6-19-20(9-15)31-12-30-19/h1-10H,11-12H2,(H,27,28). The largest absolute Gasteiger partial charge is 0.487 e. The Labute approximate surface area is 200 Å². The fraction of sp³-hybridized carbons (Fsp3) is 0.0909. The molecule has 0 saturated heterocycles. The topological polar surface area (TPSA) is 69.2 Å². The first-order chi connectivity index (χ1) is 15.0. The van der Waals surface area contributed by atoms with Crippen molar-refractivity contribution in [3.05, 3.63) is 85.3 Å². The molecular weight excluding hydrogens is 552 g/mol. The van der Waals surface area contributed by atoms with Crippen LogP contribution in [0.5, 0.6) is 17.2 Å². The van der Waals surface area contributed by atoms with Crippen molar-refractivity contribution in [3.63, 3.8) is 0 Å². The highest BCUT2D eigenvalue weighted by molar-refractivity contribution is 9.11. The van der Waals surface area contributed by atoms with Crippen molar-refractivity contribution in [1.29, 1.82) is 0 Å².